The maximum atomic E-state index is 12.4. The molecule has 0 unspecified atom stereocenters. The molecule has 0 saturated carbocycles. The molecule has 3 nitrogen and oxygen atoms in total. The van der Waals surface area contributed by atoms with Gasteiger partial charge in [-0.05, 0) is 31.2 Å². The minimum absolute atomic E-state index is 0.0527. The molecule has 0 N–H and O–H groups in total. The van der Waals surface area contributed by atoms with Crippen molar-refractivity contribution in [2.24, 2.45) is 0 Å². The Hall–Kier alpha value is -2.29. The summed E-state index contributed by atoms with van der Waals surface area (Å²) < 4.78 is 5.27. The predicted octanol–water partition coefficient (Wildman–Crippen LogP) is 3.32. The van der Waals surface area contributed by atoms with Gasteiger partial charge in [0.1, 0.15) is 5.75 Å². The average molecular weight is 269 g/mol. The molecule has 0 aliphatic heterocycles. The molecule has 0 spiro atoms. The fraction of sp³-hybridized carbons (Fsp3) is 0.235. The second-order valence-corrected chi connectivity index (χ2v) is 4.82. The molecule has 0 atom stereocenters. The largest absolute Gasteiger partial charge is 0.496 e. The molecule has 0 aromatic heterocycles. The molecular formula is C17H19NO2. The van der Waals surface area contributed by atoms with Crippen molar-refractivity contribution >= 4 is 11.5 Å². The van der Waals surface area contributed by atoms with Crippen LogP contribution in [-0.4, -0.2) is 26.5 Å². The second-order valence-electron chi connectivity index (χ2n) is 4.82. The Kier molecular flexibility index (Phi) is 4.41. The van der Waals surface area contributed by atoms with E-state index in [1.54, 1.807) is 7.11 Å². The molecule has 0 bridgehead atoms. The van der Waals surface area contributed by atoms with E-state index in [4.69, 9.17) is 4.74 Å². The van der Waals surface area contributed by atoms with Crippen LogP contribution in [0.25, 0.3) is 0 Å². The Bertz CT molecular complexity index is 593. The SMILES string of the molecule is COc1ccc(C)cc1C(=O)CN(C)c1ccccc1. The van der Waals surface area contributed by atoms with E-state index in [0.29, 0.717) is 17.9 Å². The lowest BCUT2D eigenvalue weighted by Crippen LogP contribution is -2.25. The van der Waals surface area contributed by atoms with Crippen molar-refractivity contribution in [1.82, 2.24) is 0 Å². The van der Waals surface area contributed by atoms with Crippen molar-refractivity contribution in [1.29, 1.82) is 0 Å². The van der Waals surface area contributed by atoms with Crippen LogP contribution < -0.4 is 9.64 Å². The van der Waals surface area contributed by atoms with E-state index in [9.17, 15) is 4.79 Å². The summed E-state index contributed by atoms with van der Waals surface area (Å²) in [5, 5.41) is 0. The Morgan fingerprint density at radius 3 is 2.50 bits per heavy atom. The summed E-state index contributed by atoms with van der Waals surface area (Å²) in [6, 6.07) is 15.5. The highest BCUT2D eigenvalue weighted by Gasteiger charge is 2.14. The van der Waals surface area contributed by atoms with Gasteiger partial charge in [-0.15, -0.1) is 0 Å². The number of nitrogens with zero attached hydrogens (tertiary/aromatic N) is 1. The normalized spacial score (nSPS) is 10.2. The van der Waals surface area contributed by atoms with Gasteiger partial charge >= 0.3 is 0 Å². The van der Waals surface area contributed by atoms with Gasteiger partial charge in [0.15, 0.2) is 5.78 Å². The van der Waals surface area contributed by atoms with Crippen LogP contribution in [0.2, 0.25) is 0 Å². The number of ketones is 1. The molecular weight excluding hydrogens is 250 g/mol. The van der Waals surface area contributed by atoms with E-state index in [0.717, 1.165) is 11.3 Å². The van der Waals surface area contributed by atoms with Crippen molar-refractivity contribution in [3.05, 3.63) is 59.7 Å². The third-order valence-electron chi connectivity index (χ3n) is 3.23. The first kappa shape index (κ1) is 14.1. The Morgan fingerprint density at radius 2 is 1.85 bits per heavy atom. The molecule has 2 aromatic rings. The van der Waals surface area contributed by atoms with E-state index < -0.39 is 0 Å². The van der Waals surface area contributed by atoms with Crippen LogP contribution in [0.4, 0.5) is 5.69 Å². The van der Waals surface area contributed by atoms with Crippen molar-refractivity contribution in [2.45, 2.75) is 6.92 Å². The van der Waals surface area contributed by atoms with E-state index >= 15 is 0 Å². The summed E-state index contributed by atoms with van der Waals surface area (Å²) in [5.41, 5.74) is 2.71. The summed E-state index contributed by atoms with van der Waals surface area (Å²) in [7, 11) is 3.50. The highest BCUT2D eigenvalue weighted by Crippen LogP contribution is 2.21. The number of para-hydroxylation sites is 1. The Balaban J connectivity index is 2.18. The number of likely N-dealkylation sites (N-methyl/N-ethyl adjacent to an activating group) is 1. The number of hydrogen-bond donors (Lipinski definition) is 0. The van der Waals surface area contributed by atoms with Gasteiger partial charge in [-0.2, -0.15) is 0 Å². The molecule has 2 rings (SSSR count). The number of anilines is 1. The number of aryl methyl sites for hydroxylation is 1. The molecule has 3 heteroatoms. The summed E-state index contributed by atoms with van der Waals surface area (Å²) >= 11 is 0. The minimum Gasteiger partial charge on any atom is -0.496 e. The van der Waals surface area contributed by atoms with E-state index in [2.05, 4.69) is 0 Å². The van der Waals surface area contributed by atoms with Crippen molar-refractivity contribution in [3.8, 4) is 5.75 Å². The van der Waals surface area contributed by atoms with Crippen molar-refractivity contribution < 1.29 is 9.53 Å². The molecule has 20 heavy (non-hydrogen) atoms. The lowest BCUT2D eigenvalue weighted by molar-refractivity contribution is 0.0997. The van der Waals surface area contributed by atoms with Gasteiger partial charge in [0, 0.05) is 12.7 Å². The van der Waals surface area contributed by atoms with Crippen LogP contribution in [-0.2, 0) is 0 Å². The number of hydrogen-bond acceptors (Lipinski definition) is 3. The molecule has 0 heterocycles. The maximum absolute atomic E-state index is 12.4. The second kappa shape index (κ2) is 6.24. The zero-order valence-electron chi connectivity index (χ0n) is 12.1. The topological polar surface area (TPSA) is 29.5 Å². The van der Waals surface area contributed by atoms with Gasteiger partial charge in [-0.3, -0.25) is 4.79 Å². The maximum Gasteiger partial charge on any atom is 0.185 e. The molecule has 0 amide bonds. The van der Waals surface area contributed by atoms with Crippen LogP contribution in [0.3, 0.4) is 0 Å². The lowest BCUT2D eigenvalue weighted by atomic mass is 10.1. The number of carbonyl (C=O) groups is 1. The van der Waals surface area contributed by atoms with Crippen LogP contribution >= 0.6 is 0 Å². The summed E-state index contributed by atoms with van der Waals surface area (Å²) in [6.45, 7) is 2.29. The van der Waals surface area contributed by atoms with Gasteiger partial charge in [-0.25, -0.2) is 0 Å². The fourth-order valence-corrected chi connectivity index (χ4v) is 2.11. The third-order valence-corrected chi connectivity index (χ3v) is 3.23. The fourth-order valence-electron chi connectivity index (χ4n) is 2.11. The number of carbonyl (C=O) groups excluding carboxylic acids is 1. The molecule has 0 aliphatic rings. The van der Waals surface area contributed by atoms with Crippen LogP contribution in [0.5, 0.6) is 5.75 Å². The first-order valence-electron chi connectivity index (χ1n) is 6.56. The van der Waals surface area contributed by atoms with Crippen LogP contribution in [0, 0.1) is 6.92 Å². The quantitative estimate of drug-likeness (QED) is 0.780. The molecule has 0 fully saturated rings. The van der Waals surface area contributed by atoms with Crippen molar-refractivity contribution in [2.75, 3.05) is 25.6 Å². The zero-order chi connectivity index (χ0) is 14.5. The number of benzene rings is 2. The number of ether oxygens (including phenoxy) is 1. The third kappa shape index (κ3) is 3.18. The number of rotatable bonds is 5. The molecule has 0 aliphatic carbocycles. The minimum atomic E-state index is 0.0527. The van der Waals surface area contributed by atoms with E-state index in [1.807, 2.05) is 67.4 Å². The van der Waals surface area contributed by atoms with Gasteiger partial charge < -0.3 is 9.64 Å². The average Bonchev–Trinajstić information content (AvgIpc) is 2.48. The van der Waals surface area contributed by atoms with Crippen molar-refractivity contribution in [3.63, 3.8) is 0 Å². The summed E-state index contributed by atoms with van der Waals surface area (Å²) in [6.07, 6.45) is 0. The highest BCUT2D eigenvalue weighted by atomic mass is 16.5. The van der Waals surface area contributed by atoms with Gasteiger partial charge in [0.05, 0.1) is 19.2 Å². The Labute approximate surface area is 119 Å². The van der Waals surface area contributed by atoms with Gasteiger partial charge in [-0.1, -0.05) is 29.8 Å². The first-order chi connectivity index (χ1) is 9.61. The molecule has 0 saturated heterocycles. The zero-order valence-corrected chi connectivity index (χ0v) is 12.1. The van der Waals surface area contributed by atoms with Crippen LogP contribution in [0.15, 0.2) is 48.5 Å². The van der Waals surface area contributed by atoms with E-state index in [-0.39, 0.29) is 5.78 Å². The van der Waals surface area contributed by atoms with Gasteiger partial charge in [0.25, 0.3) is 0 Å². The van der Waals surface area contributed by atoms with Crippen LogP contribution in [0.1, 0.15) is 15.9 Å². The Morgan fingerprint density at radius 1 is 1.15 bits per heavy atom. The molecule has 0 radical (unpaired) electrons. The predicted molar refractivity (Wildman–Crippen MR) is 81.8 cm³/mol. The summed E-state index contributed by atoms with van der Waals surface area (Å²) in [4.78, 5) is 14.4. The number of Topliss-reactive ketones (excluding diaryl/α,β-unsaturated/α-hetero) is 1. The van der Waals surface area contributed by atoms with Gasteiger partial charge in [0.2, 0.25) is 0 Å². The number of methoxy groups -OCH3 is 1. The molecule has 104 valence electrons. The standard InChI is InChI=1S/C17H19NO2/c1-13-9-10-17(20-3)15(11-13)16(19)12-18(2)14-7-5-4-6-8-14/h4-11H,12H2,1-3H3. The van der Waals surface area contributed by atoms with E-state index in [1.165, 1.54) is 0 Å². The first-order valence-corrected chi connectivity index (χ1v) is 6.56. The smallest absolute Gasteiger partial charge is 0.185 e. The summed E-state index contributed by atoms with van der Waals surface area (Å²) in [5.74, 6) is 0.680. The monoisotopic (exact) mass is 269 g/mol. The molecule has 2 aromatic carbocycles. The lowest BCUT2D eigenvalue weighted by Gasteiger charge is -2.19. The highest BCUT2D eigenvalue weighted by molar-refractivity contribution is 6.01.